The maximum absolute atomic E-state index is 6.68. The summed E-state index contributed by atoms with van der Waals surface area (Å²) in [7, 11) is 0. The first-order valence-corrected chi connectivity index (χ1v) is 10.7. The highest BCUT2D eigenvalue weighted by Crippen LogP contribution is 2.52. The molecule has 0 amide bonds. The highest BCUT2D eigenvalue weighted by atomic mass is 16.5. The molecule has 1 aromatic rings. The van der Waals surface area contributed by atoms with E-state index in [0.29, 0.717) is 5.92 Å². The van der Waals surface area contributed by atoms with Crippen LogP contribution in [0.4, 0.5) is 0 Å². The normalized spacial score (nSPS) is 32.9. The predicted octanol–water partition coefficient (Wildman–Crippen LogP) is 4.96. The molecule has 0 spiro atoms. The molecule has 3 aliphatic rings. The van der Waals surface area contributed by atoms with E-state index < -0.39 is 0 Å². The molecule has 4 rings (SSSR count). The van der Waals surface area contributed by atoms with Crippen molar-refractivity contribution in [2.75, 3.05) is 19.6 Å². The lowest BCUT2D eigenvalue weighted by atomic mass is 9.73. The summed E-state index contributed by atoms with van der Waals surface area (Å²) in [5, 5.41) is 0. The van der Waals surface area contributed by atoms with Crippen LogP contribution in [-0.2, 0) is 4.74 Å². The summed E-state index contributed by atoms with van der Waals surface area (Å²) < 4.78 is 13.0. The summed E-state index contributed by atoms with van der Waals surface area (Å²) in [5.74, 6) is 8.29. The molecule has 2 saturated heterocycles. The monoisotopic (exact) mass is 367 g/mol. The van der Waals surface area contributed by atoms with E-state index in [-0.39, 0.29) is 17.3 Å². The average Bonchev–Trinajstić information content (AvgIpc) is 2.90. The molecule has 2 fully saturated rings. The Morgan fingerprint density at radius 2 is 1.81 bits per heavy atom. The molecule has 0 bridgehead atoms. The van der Waals surface area contributed by atoms with E-state index >= 15 is 0 Å². The Morgan fingerprint density at radius 3 is 2.59 bits per heavy atom. The second kappa shape index (κ2) is 7.49. The third-order valence-electron chi connectivity index (χ3n) is 6.53. The Morgan fingerprint density at radius 1 is 1.07 bits per heavy atom. The number of para-hydroxylation sites is 1. The van der Waals surface area contributed by atoms with Crippen molar-refractivity contribution in [2.24, 2.45) is 5.92 Å². The van der Waals surface area contributed by atoms with Crippen LogP contribution >= 0.6 is 0 Å². The molecular weight excluding hydrogens is 334 g/mol. The van der Waals surface area contributed by atoms with Crippen LogP contribution in [0.25, 0.3) is 0 Å². The number of hydrogen-bond acceptors (Lipinski definition) is 3. The second-order valence-electron chi connectivity index (χ2n) is 9.15. The molecule has 0 aromatic heterocycles. The van der Waals surface area contributed by atoms with Gasteiger partial charge in [-0.1, -0.05) is 42.9 Å². The predicted molar refractivity (Wildman–Crippen MR) is 109 cm³/mol. The van der Waals surface area contributed by atoms with Gasteiger partial charge in [0.15, 0.2) is 0 Å². The van der Waals surface area contributed by atoms with E-state index in [1.807, 2.05) is 6.07 Å². The topological polar surface area (TPSA) is 21.7 Å². The van der Waals surface area contributed by atoms with Gasteiger partial charge in [0.05, 0.1) is 12.6 Å². The molecule has 146 valence electrons. The van der Waals surface area contributed by atoms with Gasteiger partial charge in [0.1, 0.15) is 17.0 Å². The van der Waals surface area contributed by atoms with Crippen molar-refractivity contribution >= 4 is 0 Å². The largest absolute Gasteiger partial charge is 0.487 e. The van der Waals surface area contributed by atoms with Crippen molar-refractivity contribution in [3.8, 4) is 17.6 Å². The van der Waals surface area contributed by atoms with Crippen LogP contribution in [0.1, 0.15) is 71.0 Å². The highest BCUT2D eigenvalue weighted by Gasteiger charge is 2.49. The fourth-order valence-electron chi connectivity index (χ4n) is 4.89. The molecule has 0 N–H and O–H groups in total. The van der Waals surface area contributed by atoms with E-state index in [1.54, 1.807) is 0 Å². The van der Waals surface area contributed by atoms with Crippen LogP contribution in [0.15, 0.2) is 24.3 Å². The van der Waals surface area contributed by atoms with Crippen LogP contribution in [0, 0.1) is 17.8 Å². The number of likely N-dealkylation sites (tertiary alicyclic amines) is 1. The van der Waals surface area contributed by atoms with Gasteiger partial charge in [0, 0.05) is 11.5 Å². The lowest BCUT2D eigenvalue weighted by Gasteiger charge is -2.50. The van der Waals surface area contributed by atoms with Gasteiger partial charge in [-0.25, -0.2) is 0 Å². The van der Waals surface area contributed by atoms with Gasteiger partial charge in [-0.2, -0.15) is 0 Å². The molecule has 3 atom stereocenters. The van der Waals surface area contributed by atoms with Crippen molar-refractivity contribution in [1.29, 1.82) is 0 Å². The number of ether oxygens (including phenoxy) is 2. The van der Waals surface area contributed by atoms with E-state index in [1.165, 1.54) is 44.3 Å². The average molecular weight is 368 g/mol. The molecule has 0 radical (unpaired) electrons. The van der Waals surface area contributed by atoms with Crippen molar-refractivity contribution in [3.63, 3.8) is 0 Å². The number of rotatable bonds is 1. The molecule has 3 heteroatoms. The number of benzene rings is 1. The molecule has 27 heavy (non-hydrogen) atoms. The van der Waals surface area contributed by atoms with E-state index in [9.17, 15) is 0 Å². The van der Waals surface area contributed by atoms with Crippen molar-refractivity contribution in [1.82, 2.24) is 4.90 Å². The molecule has 0 unspecified atom stereocenters. The summed E-state index contributed by atoms with van der Waals surface area (Å²) in [5.41, 5.74) is 0.606. The summed E-state index contributed by atoms with van der Waals surface area (Å²) in [6.07, 6.45) is 7.47. The fourth-order valence-corrected chi connectivity index (χ4v) is 4.89. The van der Waals surface area contributed by atoms with Crippen LogP contribution < -0.4 is 4.74 Å². The maximum atomic E-state index is 6.68. The van der Waals surface area contributed by atoms with E-state index in [4.69, 9.17) is 9.47 Å². The minimum Gasteiger partial charge on any atom is -0.487 e. The molecule has 0 aliphatic carbocycles. The Hall–Kier alpha value is -1.50. The molecule has 3 nitrogen and oxygen atoms in total. The summed E-state index contributed by atoms with van der Waals surface area (Å²) in [6.45, 7) is 9.81. The third-order valence-corrected chi connectivity index (χ3v) is 6.53. The summed E-state index contributed by atoms with van der Waals surface area (Å²) in [6, 6.07) is 8.34. The first kappa shape index (κ1) is 18.8. The molecule has 3 aliphatic heterocycles. The first-order valence-electron chi connectivity index (χ1n) is 10.7. The van der Waals surface area contributed by atoms with Gasteiger partial charge in [-0.05, 0) is 65.6 Å². The van der Waals surface area contributed by atoms with Gasteiger partial charge >= 0.3 is 0 Å². The number of fused-ring (bicyclic) bond motifs is 3. The zero-order valence-corrected chi connectivity index (χ0v) is 17.1. The minimum absolute atomic E-state index is 0.0659. The van der Waals surface area contributed by atoms with Gasteiger partial charge in [-0.3, -0.25) is 4.90 Å². The lowest BCUT2D eigenvalue weighted by Crippen LogP contribution is -2.50. The van der Waals surface area contributed by atoms with Gasteiger partial charge in [0.2, 0.25) is 0 Å². The van der Waals surface area contributed by atoms with E-state index in [2.05, 4.69) is 55.7 Å². The van der Waals surface area contributed by atoms with Crippen LogP contribution in [-0.4, -0.2) is 35.7 Å². The number of nitrogens with zero attached hydrogens (tertiary/aromatic N) is 1. The number of hydrogen-bond donors (Lipinski definition) is 0. The SMILES string of the molecule is CC1(C)Oc2ccccc2[C@@H]2O[C@](C)(C#CCN3CCCCCC3)CC[C@@H]21. The van der Waals surface area contributed by atoms with Gasteiger partial charge < -0.3 is 9.47 Å². The Bertz CT molecular complexity index is 723. The smallest absolute Gasteiger partial charge is 0.126 e. The van der Waals surface area contributed by atoms with Crippen LogP contribution in [0.3, 0.4) is 0 Å². The molecule has 1 aromatic carbocycles. The van der Waals surface area contributed by atoms with Gasteiger partial charge in [-0.15, -0.1) is 0 Å². The Balaban J connectivity index is 1.50. The van der Waals surface area contributed by atoms with Crippen molar-refractivity contribution < 1.29 is 9.47 Å². The Kier molecular flexibility index (Phi) is 5.23. The highest BCUT2D eigenvalue weighted by molar-refractivity contribution is 5.39. The van der Waals surface area contributed by atoms with Crippen molar-refractivity contribution in [2.45, 2.75) is 76.6 Å². The van der Waals surface area contributed by atoms with Gasteiger partial charge in [0.25, 0.3) is 0 Å². The second-order valence-corrected chi connectivity index (χ2v) is 9.15. The zero-order valence-electron chi connectivity index (χ0n) is 17.1. The Labute approximate surface area is 164 Å². The summed E-state index contributed by atoms with van der Waals surface area (Å²) in [4.78, 5) is 2.50. The standard InChI is InChI=1S/C24H33NO2/c1-23(2)20-13-15-24(3,14-10-18-25-16-8-4-5-9-17-25)27-22(20)19-11-6-7-12-21(19)26-23/h6-7,11-12,20,22H,4-5,8-9,13,15-18H2,1-3H3/t20-,22-,24+/m0/s1. The van der Waals surface area contributed by atoms with Crippen LogP contribution in [0.2, 0.25) is 0 Å². The summed E-state index contributed by atoms with van der Waals surface area (Å²) >= 11 is 0. The molecule has 0 saturated carbocycles. The third kappa shape index (κ3) is 4.03. The maximum Gasteiger partial charge on any atom is 0.126 e. The fraction of sp³-hybridized carbons (Fsp3) is 0.667. The van der Waals surface area contributed by atoms with Crippen molar-refractivity contribution in [3.05, 3.63) is 29.8 Å². The molecular formula is C24H33NO2. The first-order chi connectivity index (χ1) is 13.0. The van der Waals surface area contributed by atoms with E-state index in [0.717, 1.165) is 25.1 Å². The lowest BCUT2D eigenvalue weighted by molar-refractivity contribution is -0.169. The zero-order chi connectivity index (χ0) is 18.9. The quantitative estimate of drug-likeness (QED) is 0.655. The molecule has 3 heterocycles. The van der Waals surface area contributed by atoms with Crippen LogP contribution in [0.5, 0.6) is 5.75 Å². The minimum atomic E-state index is -0.368.